The van der Waals surface area contributed by atoms with Crippen molar-refractivity contribution in [2.45, 2.75) is 104 Å². The predicted molar refractivity (Wildman–Crippen MR) is 120 cm³/mol. The van der Waals surface area contributed by atoms with Crippen LogP contribution in [0.2, 0.25) is 0 Å². The Kier molecular flexibility index (Phi) is 8.38. The first kappa shape index (κ1) is 20.9. The summed E-state index contributed by atoms with van der Waals surface area (Å²) in [5.41, 5.74) is 4.66. The zero-order valence-corrected chi connectivity index (χ0v) is 18.0. The summed E-state index contributed by atoms with van der Waals surface area (Å²) in [7, 11) is 0. The molecular weight excluding hydrogens is 344 g/mol. The van der Waals surface area contributed by atoms with Crippen LogP contribution in [0.3, 0.4) is 0 Å². The van der Waals surface area contributed by atoms with Crippen LogP contribution in [0, 0.1) is 0 Å². The number of aryl methyl sites for hydroxylation is 2. The Labute approximate surface area is 170 Å². The first-order valence-electron chi connectivity index (χ1n) is 11.6. The van der Waals surface area contributed by atoms with Gasteiger partial charge in [0.2, 0.25) is 0 Å². The Bertz CT molecular complexity index is 759. The average Bonchev–Trinajstić information content (AvgIpc) is 3.29. The molecule has 154 valence electrons. The van der Waals surface area contributed by atoms with Crippen LogP contribution in [-0.4, -0.2) is 19.1 Å². The van der Waals surface area contributed by atoms with Gasteiger partial charge in [-0.25, -0.2) is 9.97 Å². The van der Waals surface area contributed by atoms with Gasteiger partial charge in [-0.05, 0) is 25.0 Å². The van der Waals surface area contributed by atoms with Gasteiger partial charge in [-0.15, -0.1) is 0 Å². The lowest BCUT2D eigenvalue weighted by Crippen LogP contribution is -1.97. The van der Waals surface area contributed by atoms with E-state index in [0.717, 1.165) is 24.1 Å². The number of hydrogen-bond donors (Lipinski definition) is 0. The Balaban J connectivity index is 1.57. The van der Waals surface area contributed by atoms with Crippen molar-refractivity contribution in [2.75, 3.05) is 0 Å². The van der Waals surface area contributed by atoms with E-state index in [4.69, 9.17) is 0 Å². The van der Waals surface area contributed by atoms with Crippen LogP contribution in [-0.2, 0) is 13.1 Å². The number of hydrogen-bond acceptors (Lipinski definition) is 2. The predicted octanol–water partition coefficient (Wildman–Crippen LogP) is 7.11. The zero-order chi connectivity index (χ0) is 19.6. The molecule has 0 atom stereocenters. The number of benzene rings is 1. The largest absolute Gasteiger partial charge is 0.331 e. The summed E-state index contributed by atoms with van der Waals surface area (Å²) >= 11 is 0. The number of imidazole rings is 2. The van der Waals surface area contributed by atoms with Crippen LogP contribution in [0.25, 0.3) is 22.1 Å². The molecule has 0 aliphatic carbocycles. The molecule has 0 radical (unpaired) electrons. The summed E-state index contributed by atoms with van der Waals surface area (Å²) in [6.07, 6.45) is 19.9. The molecule has 0 bridgehead atoms. The van der Waals surface area contributed by atoms with E-state index in [1.54, 1.807) is 0 Å². The molecular formula is C24H38N4. The molecule has 2 aromatic heterocycles. The van der Waals surface area contributed by atoms with Crippen LogP contribution < -0.4 is 0 Å². The topological polar surface area (TPSA) is 35.6 Å². The second-order valence-corrected chi connectivity index (χ2v) is 8.24. The summed E-state index contributed by atoms with van der Waals surface area (Å²) < 4.78 is 4.61. The molecule has 0 amide bonds. The van der Waals surface area contributed by atoms with Gasteiger partial charge in [0, 0.05) is 13.1 Å². The fourth-order valence-corrected chi connectivity index (χ4v) is 4.09. The van der Waals surface area contributed by atoms with Gasteiger partial charge in [-0.2, -0.15) is 0 Å². The van der Waals surface area contributed by atoms with Crippen molar-refractivity contribution in [1.29, 1.82) is 0 Å². The molecule has 0 unspecified atom stereocenters. The van der Waals surface area contributed by atoms with E-state index in [2.05, 4.69) is 45.1 Å². The Hall–Kier alpha value is -1.84. The highest BCUT2D eigenvalue weighted by Crippen LogP contribution is 2.22. The third kappa shape index (κ3) is 5.59. The highest BCUT2D eigenvalue weighted by Gasteiger charge is 2.09. The Morgan fingerprint density at radius 1 is 0.571 bits per heavy atom. The SMILES string of the molecule is CCCCCCCCn1cnc2cc3c(cc21)ncn3CCCCCCCC. The van der Waals surface area contributed by atoms with Crippen LogP contribution >= 0.6 is 0 Å². The molecule has 28 heavy (non-hydrogen) atoms. The zero-order valence-electron chi connectivity index (χ0n) is 18.0. The summed E-state index contributed by atoms with van der Waals surface area (Å²) in [5.74, 6) is 0. The minimum Gasteiger partial charge on any atom is -0.331 e. The fourth-order valence-electron chi connectivity index (χ4n) is 4.09. The average molecular weight is 383 g/mol. The lowest BCUT2D eigenvalue weighted by molar-refractivity contribution is 0.564. The van der Waals surface area contributed by atoms with Crippen LogP contribution in [0.15, 0.2) is 24.8 Å². The highest BCUT2D eigenvalue weighted by atomic mass is 15.1. The second-order valence-electron chi connectivity index (χ2n) is 8.24. The minimum absolute atomic E-state index is 1.06. The van der Waals surface area contributed by atoms with Crippen molar-refractivity contribution in [3.63, 3.8) is 0 Å². The third-order valence-corrected chi connectivity index (χ3v) is 5.87. The summed E-state index contributed by atoms with van der Waals surface area (Å²) in [4.78, 5) is 9.34. The summed E-state index contributed by atoms with van der Waals surface area (Å²) in [5, 5.41) is 0. The first-order valence-corrected chi connectivity index (χ1v) is 11.6. The maximum absolute atomic E-state index is 4.67. The van der Waals surface area contributed by atoms with Crippen molar-refractivity contribution in [3.8, 4) is 0 Å². The molecule has 4 heteroatoms. The number of rotatable bonds is 14. The van der Waals surface area contributed by atoms with E-state index in [1.807, 2.05) is 12.7 Å². The van der Waals surface area contributed by atoms with Crippen molar-refractivity contribution in [1.82, 2.24) is 19.1 Å². The van der Waals surface area contributed by atoms with E-state index in [1.165, 1.54) is 88.1 Å². The maximum Gasteiger partial charge on any atom is 0.0958 e. The van der Waals surface area contributed by atoms with Gasteiger partial charge >= 0.3 is 0 Å². The standard InChI is InChI=1S/C24H38N4/c1-3-5-7-9-11-13-15-27-19-25-21-18-24-22(17-23(21)27)26-20-28(24)16-14-12-10-8-6-4-2/h17-20H,3-16H2,1-2H3. The number of fused-ring (bicyclic) bond motifs is 2. The Morgan fingerprint density at radius 2 is 0.964 bits per heavy atom. The van der Waals surface area contributed by atoms with Crippen LogP contribution in [0.1, 0.15) is 90.9 Å². The van der Waals surface area contributed by atoms with Gasteiger partial charge in [0.15, 0.2) is 0 Å². The smallest absolute Gasteiger partial charge is 0.0958 e. The van der Waals surface area contributed by atoms with E-state index < -0.39 is 0 Å². The van der Waals surface area contributed by atoms with Crippen molar-refractivity contribution >= 4 is 22.1 Å². The quantitative estimate of drug-likeness (QED) is 0.279. The molecule has 0 aliphatic heterocycles. The summed E-state index contributed by atoms with van der Waals surface area (Å²) in [6, 6.07) is 4.46. The van der Waals surface area contributed by atoms with E-state index in [-0.39, 0.29) is 0 Å². The second kappa shape index (κ2) is 11.2. The molecule has 1 aromatic carbocycles. The molecule has 0 saturated carbocycles. The van der Waals surface area contributed by atoms with Gasteiger partial charge in [-0.3, -0.25) is 0 Å². The molecule has 0 N–H and O–H groups in total. The van der Waals surface area contributed by atoms with Crippen LogP contribution in [0.4, 0.5) is 0 Å². The first-order chi connectivity index (χ1) is 13.8. The fraction of sp³-hybridized carbons (Fsp3) is 0.667. The van der Waals surface area contributed by atoms with Gasteiger partial charge < -0.3 is 9.13 Å². The molecule has 0 aliphatic rings. The normalized spacial score (nSPS) is 11.8. The number of aromatic nitrogens is 4. The van der Waals surface area contributed by atoms with Crippen molar-refractivity contribution < 1.29 is 0 Å². The molecule has 0 fully saturated rings. The van der Waals surface area contributed by atoms with Gasteiger partial charge in [-0.1, -0.05) is 78.1 Å². The van der Waals surface area contributed by atoms with Gasteiger partial charge in [0.25, 0.3) is 0 Å². The molecule has 0 spiro atoms. The van der Waals surface area contributed by atoms with E-state index in [9.17, 15) is 0 Å². The van der Waals surface area contributed by atoms with E-state index >= 15 is 0 Å². The minimum atomic E-state index is 1.06. The van der Waals surface area contributed by atoms with Crippen molar-refractivity contribution in [2.24, 2.45) is 0 Å². The molecule has 0 saturated heterocycles. The molecule has 4 nitrogen and oxygen atoms in total. The number of nitrogens with zero attached hydrogens (tertiary/aromatic N) is 4. The molecule has 3 aromatic rings. The van der Waals surface area contributed by atoms with Gasteiger partial charge in [0.1, 0.15) is 0 Å². The maximum atomic E-state index is 4.67. The molecule has 3 rings (SSSR count). The monoisotopic (exact) mass is 382 g/mol. The van der Waals surface area contributed by atoms with Crippen LogP contribution in [0.5, 0.6) is 0 Å². The van der Waals surface area contributed by atoms with Crippen molar-refractivity contribution in [3.05, 3.63) is 24.8 Å². The number of unbranched alkanes of at least 4 members (excludes halogenated alkanes) is 10. The molecule has 2 heterocycles. The summed E-state index contributed by atoms with van der Waals surface area (Å²) in [6.45, 7) is 6.67. The lowest BCUT2D eigenvalue weighted by atomic mass is 10.1. The van der Waals surface area contributed by atoms with E-state index in [0.29, 0.717) is 0 Å². The third-order valence-electron chi connectivity index (χ3n) is 5.87. The highest BCUT2D eigenvalue weighted by molar-refractivity contribution is 5.91. The Morgan fingerprint density at radius 3 is 1.39 bits per heavy atom. The van der Waals surface area contributed by atoms with Gasteiger partial charge in [0.05, 0.1) is 34.7 Å². The lowest BCUT2D eigenvalue weighted by Gasteiger charge is -2.06.